The van der Waals surface area contributed by atoms with Gasteiger partial charge in [-0.3, -0.25) is 4.79 Å². The highest BCUT2D eigenvalue weighted by Crippen LogP contribution is 2.27. The fourth-order valence-corrected chi connectivity index (χ4v) is 3.96. The maximum Gasteiger partial charge on any atom is 0.254 e. The summed E-state index contributed by atoms with van der Waals surface area (Å²) in [6.45, 7) is 9.20. The second-order valence-corrected chi connectivity index (χ2v) is 9.13. The van der Waals surface area contributed by atoms with Crippen LogP contribution in [0.25, 0.3) is 0 Å². The molecule has 0 saturated carbocycles. The fraction of sp³-hybridized carbons (Fsp3) is 0.333. The summed E-state index contributed by atoms with van der Waals surface area (Å²) in [6.07, 6.45) is 0. The Morgan fingerprint density at radius 2 is 1.80 bits per heavy atom. The van der Waals surface area contributed by atoms with E-state index < -0.39 is 0 Å². The first kappa shape index (κ1) is 22.3. The number of amides is 1. The highest BCUT2D eigenvalue weighted by atomic mass is 35.5. The monoisotopic (exact) mass is 442 g/mol. The summed E-state index contributed by atoms with van der Waals surface area (Å²) in [4.78, 5) is 19.5. The number of carbonyl (C=O) groups excluding carboxylic acids is 1. The van der Waals surface area contributed by atoms with Crippen LogP contribution in [0.4, 0.5) is 0 Å². The molecule has 0 aliphatic rings. The van der Waals surface area contributed by atoms with Crippen LogP contribution >= 0.6 is 22.9 Å². The van der Waals surface area contributed by atoms with Gasteiger partial charge in [0.15, 0.2) is 0 Å². The molecule has 1 heterocycles. The van der Waals surface area contributed by atoms with Gasteiger partial charge in [-0.15, -0.1) is 11.3 Å². The van der Waals surface area contributed by atoms with Crippen molar-refractivity contribution in [3.63, 3.8) is 0 Å². The van der Waals surface area contributed by atoms with Gasteiger partial charge in [-0.05, 0) is 55.7 Å². The Hall–Kier alpha value is -2.37. The Balaban J connectivity index is 1.67. The van der Waals surface area contributed by atoms with E-state index >= 15 is 0 Å². The lowest BCUT2D eigenvalue weighted by Crippen LogP contribution is -2.36. The molecule has 0 aliphatic carbocycles. The summed E-state index contributed by atoms with van der Waals surface area (Å²) in [7, 11) is 0. The van der Waals surface area contributed by atoms with Crippen molar-refractivity contribution >= 4 is 28.8 Å². The molecule has 0 spiro atoms. The van der Waals surface area contributed by atoms with Gasteiger partial charge < -0.3 is 9.64 Å². The Bertz CT molecular complexity index is 983. The van der Waals surface area contributed by atoms with Crippen LogP contribution in [0.2, 0.25) is 5.02 Å². The predicted molar refractivity (Wildman–Crippen MR) is 123 cm³/mol. The third-order valence-electron chi connectivity index (χ3n) is 4.80. The lowest BCUT2D eigenvalue weighted by atomic mass is 10.0. The van der Waals surface area contributed by atoms with Crippen molar-refractivity contribution < 1.29 is 9.53 Å². The minimum Gasteiger partial charge on any atom is -0.486 e. The van der Waals surface area contributed by atoms with E-state index in [0.717, 1.165) is 16.5 Å². The molecule has 0 bridgehead atoms. The zero-order valence-electron chi connectivity index (χ0n) is 17.8. The van der Waals surface area contributed by atoms with Gasteiger partial charge in [0.1, 0.15) is 17.4 Å². The molecular formula is C24H27ClN2O2S. The molecule has 0 saturated heterocycles. The summed E-state index contributed by atoms with van der Waals surface area (Å²) in [5.74, 6) is 1.26. The molecule has 158 valence electrons. The topological polar surface area (TPSA) is 42.4 Å². The van der Waals surface area contributed by atoms with Crippen molar-refractivity contribution in [2.75, 3.05) is 0 Å². The predicted octanol–water partition coefficient (Wildman–Crippen LogP) is 6.55. The largest absolute Gasteiger partial charge is 0.486 e. The molecule has 6 heteroatoms. The zero-order chi connectivity index (χ0) is 21.7. The average Bonchev–Trinajstić information content (AvgIpc) is 3.18. The van der Waals surface area contributed by atoms with Gasteiger partial charge >= 0.3 is 0 Å². The number of benzene rings is 2. The zero-order valence-corrected chi connectivity index (χ0v) is 19.3. The molecule has 1 amide bonds. The maximum atomic E-state index is 13.0. The summed E-state index contributed by atoms with van der Waals surface area (Å²) >= 11 is 7.50. The number of nitrogens with zero attached hydrogens (tertiary/aromatic N) is 2. The van der Waals surface area contributed by atoms with Crippen LogP contribution in [0.3, 0.4) is 0 Å². The summed E-state index contributed by atoms with van der Waals surface area (Å²) in [5.41, 5.74) is 2.68. The number of rotatable bonds is 8. The summed E-state index contributed by atoms with van der Waals surface area (Å²) < 4.78 is 6.03. The SMILES string of the molecule is CC(C)c1ccccc1OCc1nc(CN(C(=O)c2ccc(Cl)cc2)C(C)C)cs1. The van der Waals surface area contributed by atoms with E-state index in [2.05, 4.69) is 19.9 Å². The molecule has 0 radical (unpaired) electrons. The standard InChI is InChI=1S/C24H27ClN2O2S/c1-16(2)21-7-5-6-8-22(21)29-14-23-26-20(15-30-23)13-27(17(3)4)24(28)18-9-11-19(25)12-10-18/h5-12,15-17H,13-14H2,1-4H3. The van der Waals surface area contributed by atoms with E-state index in [1.54, 1.807) is 35.6 Å². The van der Waals surface area contributed by atoms with Gasteiger partial charge in [-0.2, -0.15) is 0 Å². The van der Waals surface area contributed by atoms with Gasteiger partial charge in [-0.1, -0.05) is 43.6 Å². The average molecular weight is 443 g/mol. The first-order chi connectivity index (χ1) is 14.3. The van der Waals surface area contributed by atoms with Crippen molar-refractivity contribution in [3.05, 3.63) is 80.8 Å². The second kappa shape index (κ2) is 10.1. The molecule has 0 N–H and O–H groups in total. The first-order valence-corrected chi connectivity index (χ1v) is 11.3. The van der Waals surface area contributed by atoms with Crippen LogP contribution in [0, 0.1) is 0 Å². The van der Waals surface area contributed by atoms with E-state index in [-0.39, 0.29) is 11.9 Å². The number of para-hydroxylation sites is 1. The van der Waals surface area contributed by atoms with Gasteiger partial charge in [0.05, 0.1) is 12.2 Å². The molecular weight excluding hydrogens is 416 g/mol. The van der Waals surface area contributed by atoms with Crippen molar-refractivity contribution in [1.29, 1.82) is 0 Å². The van der Waals surface area contributed by atoms with Crippen LogP contribution in [0.1, 0.15) is 60.2 Å². The molecule has 2 aromatic carbocycles. The normalized spacial score (nSPS) is 11.2. The molecule has 0 unspecified atom stereocenters. The Morgan fingerprint density at radius 1 is 1.10 bits per heavy atom. The van der Waals surface area contributed by atoms with E-state index in [1.807, 2.05) is 42.3 Å². The molecule has 30 heavy (non-hydrogen) atoms. The van der Waals surface area contributed by atoms with E-state index in [9.17, 15) is 4.79 Å². The second-order valence-electron chi connectivity index (χ2n) is 7.75. The lowest BCUT2D eigenvalue weighted by Gasteiger charge is -2.26. The molecule has 0 atom stereocenters. The third kappa shape index (κ3) is 5.61. The molecule has 3 aromatic rings. The van der Waals surface area contributed by atoms with Crippen LogP contribution in [0.15, 0.2) is 53.9 Å². The van der Waals surface area contributed by atoms with Gasteiger partial charge in [0.2, 0.25) is 0 Å². The minimum atomic E-state index is -0.0293. The molecule has 3 rings (SSSR count). The lowest BCUT2D eigenvalue weighted by molar-refractivity contribution is 0.0688. The van der Waals surface area contributed by atoms with Crippen molar-refractivity contribution in [2.24, 2.45) is 0 Å². The quantitative estimate of drug-likeness (QED) is 0.397. The van der Waals surface area contributed by atoms with Crippen molar-refractivity contribution in [3.8, 4) is 5.75 Å². The van der Waals surface area contributed by atoms with E-state index in [0.29, 0.717) is 29.7 Å². The van der Waals surface area contributed by atoms with E-state index in [1.165, 1.54) is 5.56 Å². The molecule has 0 fully saturated rings. The summed E-state index contributed by atoms with van der Waals surface area (Å²) in [6, 6.07) is 15.1. The number of aromatic nitrogens is 1. The number of hydrogen-bond acceptors (Lipinski definition) is 4. The number of thiazole rings is 1. The van der Waals surface area contributed by atoms with Crippen LogP contribution in [0.5, 0.6) is 5.75 Å². The Labute approximate surface area is 187 Å². The highest BCUT2D eigenvalue weighted by molar-refractivity contribution is 7.09. The molecule has 0 aliphatic heterocycles. The Morgan fingerprint density at radius 3 is 2.47 bits per heavy atom. The molecule has 1 aromatic heterocycles. The molecule has 4 nitrogen and oxygen atoms in total. The highest BCUT2D eigenvalue weighted by Gasteiger charge is 2.20. The number of ether oxygens (including phenoxy) is 1. The fourth-order valence-electron chi connectivity index (χ4n) is 3.14. The van der Waals surface area contributed by atoms with Gasteiger partial charge in [0, 0.05) is 22.0 Å². The van der Waals surface area contributed by atoms with Crippen LogP contribution in [-0.2, 0) is 13.2 Å². The van der Waals surface area contributed by atoms with Crippen LogP contribution < -0.4 is 4.74 Å². The summed E-state index contributed by atoms with van der Waals surface area (Å²) in [5, 5.41) is 3.51. The number of hydrogen-bond donors (Lipinski definition) is 0. The number of carbonyl (C=O) groups is 1. The van der Waals surface area contributed by atoms with Crippen LogP contribution in [-0.4, -0.2) is 21.8 Å². The smallest absolute Gasteiger partial charge is 0.254 e. The first-order valence-electron chi connectivity index (χ1n) is 10.1. The maximum absolute atomic E-state index is 13.0. The van der Waals surface area contributed by atoms with Gasteiger partial charge in [-0.25, -0.2) is 4.98 Å². The van der Waals surface area contributed by atoms with Gasteiger partial charge in [0.25, 0.3) is 5.91 Å². The van der Waals surface area contributed by atoms with Crippen molar-refractivity contribution in [2.45, 2.75) is 52.8 Å². The third-order valence-corrected chi connectivity index (χ3v) is 5.92. The minimum absolute atomic E-state index is 0.0293. The van der Waals surface area contributed by atoms with E-state index in [4.69, 9.17) is 21.3 Å². The van der Waals surface area contributed by atoms with Crippen molar-refractivity contribution in [1.82, 2.24) is 9.88 Å². The Kier molecular flexibility index (Phi) is 7.51. The number of halogens is 1.